The number of halogens is 1. The molecule has 1 N–H and O–H groups in total. The molecule has 0 saturated carbocycles. The van der Waals surface area contributed by atoms with E-state index in [4.69, 9.17) is 12.2 Å². The van der Waals surface area contributed by atoms with E-state index in [-0.39, 0.29) is 28.5 Å². The minimum atomic E-state index is -0.545. The lowest BCUT2D eigenvalue weighted by molar-refractivity contribution is -0.123. The average Bonchev–Trinajstić information content (AvgIpc) is 3.08. The van der Waals surface area contributed by atoms with Crippen LogP contribution < -0.4 is 5.32 Å². The van der Waals surface area contributed by atoms with E-state index >= 15 is 0 Å². The summed E-state index contributed by atoms with van der Waals surface area (Å²) in [5.74, 6) is -1.39. The van der Waals surface area contributed by atoms with E-state index in [2.05, 4.69) is 5.32 Å². The zero-order chi connectivity index (χ0) is 22.5. The van der Waals surface area contributed by atoms with E-state index in [0.29, 0.717) is 10.9 Å². The van der Waals surface area contributed by atoms with Gasteiger partial charge in [-0.1, -0.05) is 96.8 Å². The van der Waals surface area contributed by atoms with Crippen molar-refractivity contribution in [1.29, 1.82) is 0 Å². The van der Waals surface area contributed by atoms with Crippen LogP contribution >= 0.6 is 24.0 Å². The van der Waals surface area contributed by atoms with Gasteiger partial charge in [0, 0.05) is 12.0 Å². The Morgan fingerprint density at radius 1 is 0.906 bits per heavy atom. The summed E-state index contributed by atoms with van der Waals surface area (Å²) in [6.07, 6.45) is 0.219. The van der Waals surface area contributed by atoms with Crippen LogP contribution in [0.25, 0.3) is 0 Å². The number of carbonyl (C=O) groups is 2. The van der Waals surface area contributed by atoms with Gasteiger partial charge in [-0.05, 0) is 23.3 Å². The Hall–Kier alpha value is -3.29. The molecule has 7 heteroatoms. The fraction of sp³-hybridized carbons (Fsp3) is 0.0800. The number of hydrogen-bond donors (Lipinski definition) is 1. The van der Waals surface area contributed by atoms with Crippen molar-refractivity contribution in [2.24, 2.45) is 0 Å². The number of carbonyl (C=O) groups excluding carboxylic acids is 2. The summed E-state index contributed by atoms with van der Waals surface area (Å²) >= 11 is 6.56. The Bertz CT molecular complexity index is 1200. The fourth-order valence-corrected chi connectivity index (χ4v) is 4.62. The van der Waals surface area contributed by atoms with E-state index in [1.165, 1.54) is 17.0 Å². The van der Waals surface area contributed by atoms with Gasteiger partial charge in [0.1, 0.15) is 10.1 Å². The molecule has 4 rings (SSSR count). The van der Waals surface area contributed by atoms with Crippen LogP contribution in [0.1, 0.15) is 11.1 Å². The quantitative estimate of drug-likeness (QED) is 0.398. The van der Waals surface area contributed by atoms with Gasteiger partial charge < -0.3 is 5.32 Å². The highest BCUT2D eigenvalue weighted by Gasteiger charge is 2.36. The number of anilines is 1. The number of rotatable bonds is 6. The van der Waals surface area contributed by atoms with Crippen molar-refractivity contribution in [2.75, 3.05) is 5.32 Å². The second-order valence-corrected chi connectivity index (χ2v) is 8.79. The van der Waals surface area contributed by atoms with E-state index in [1.54, 1.807) is 12.1 Å². The molecular weight excluding hydrogens is 443 g/mol. The Kier molecular flexibility index (Phi) is 6.78. The Morgan fingerprint density at radius 3 is 2.16 bits per heavy atom. The van der Waals surface area contributed by atoms with Gasteiger partial charge in [-0.2, -0.15) is 0 Å². The van der Waals surface area contributed by atoms with Crippen LogP contribution in [0.15, 0.2) is 95.4 Å². The Labute approximate surface area is 195 Å². The zero-order valence-corrected chi connectivity index (χ0v) is 18.6. The first kappa shape index (κ1) is 21.9. The maximum Gasteiger partial charge on any atom is 0.266 e. The van der Waals surface area contributed by atoms with Gasteiger partial charge in [-0.15, -0.1) is 0 Å². The summed E-state index contributed by atoms with van der Waals surface area (Å²) in [4.78, 5) is 28.3. The third-order valence-electron chi connectivity index (χ3n) is 4.93. The maximum atomic E-state index is 14.1. The maximum absolute atomic E-state index is 14.1. The number of nitrogens with one attached hydrogen (secondary N) is 1. The summed E-state index contributed by atoms with van der Waals surface area (Å²) in [5, 5.41) is 2.61. The van der Waals surface area contributed by atoms with Crippen LogP contribution in [0, 0.1) is 5.82 Å². The van der Waals surface area contributed by atoms with Gasteiger partial charge in [0.25, 0.3) is 11.8 Å². The topological polar surface area (TPSA) is 49.4 Å². The SMILES string of the molecule is O=C(Nc1ccccc1F)/C(Cc1ccccc1)=C1/SC(=S)N(Cc2ccccc2)C1=O. The number of nitrogens with zero attached hydrogens (tertiary/aromatic N) is 1. The highest BCUT2D eigenvalue weighted by Crippen LogP contribution is 2.36. The fourth-order valence-electron chi connectivity index (χ4n) is 3.31. The first-order valence-electron chi connectivity index (χ1n) is 9.93. The summed E-state index contributed by atoms with van der Waals surface area (Å²) in [6.45, 7) is 0.322. The molecule has 160 valence electrons. The van der Waals surface area contributed by atoms with E-state index in [1.807, 2.05) is 60.7 Å². The molecule has 0 unspecified atom stereocenters. The molecule has 1 saturated heterocycles. The molecular formula is C25H19FN2O2S2. The van der Waals surface area contributed by atoms with Crippen molar-refractivity contribution in [2.45, 2.75) is 13.0 Å². The Morgan fingerprint density at radius 2 is 1.50 bits per heavy atom. The predicted molar refractivity (Wildman–Crippen MR) is 129 cm³/mol. The lowest BCUT2D eigenvalue weighted by Gasteiger charge is -2.15. The highest BCUT2D eigenvalue weighted by molar-refractivity contribution is 8.26. The summed E-state index contributed by atoms with van der Waals surface area (Å²) in [7, 11) is 0. The van der Waals surface area contributed by atoms with E-state index < -0.39 is 11.7 Å². The van der Waals surface area contributed by atoms with Crippen molar-refractivity contribution >= 4 is 45.8 Å². The minimum absolute atomic E-state index is 0.0582. The molecule has 1 aliphatic rings. The minimum Gasteiger partial charge on any atom is -0.320 e. The van der Waals surface area contributed by atoms with Crippen LogP contribution in [0.4, 0.5) is 10.1 Å². The standard InChI is InChI=1S/C25H19FN2O2S2/c26-20-13-7-8-14-21(20)27-23(29)19(15-17-9-3-1-4-10-17)22-24(30)28(25(31)32-22)16-18-11-5-2-6-12-18/h1-14H,15-16H2,(H,27,29)/b22-19+. The zero-order valence-electron chi connectivity index (χ0n) is 17.0. The lowest BCUT2D eigenvalue weighted by Crippen LogP contribution is -2.28. The number of amides is 2. The molecule has 0 radical (unpaired) electrons. The third kappa shape index (κ3) is 4.95. The lowest BCUT2D eigenvalue weighted by atomic mass is 10.0. The van der Waals surface area contributed by atoms with E-state index in [9.17, 15) is 14.0 Å². The molecule has 0 aliphatic carbocycles. The molecule has 1 heterocycles. The normalized spacial score (nSPS) is 15.1. The molecule has 3 aromatic carbocycles. The molecule has 1 aliphatic heterocycles. The molecule has 0 aromatic heterocycles. The van der Waals surface area contributed by atoms with Crippen LogP contribution in [0.3, 0.4) is 0 Å². The first-order chi connectivity index (χ1) is 15.5. The van der Waals surface area contributed by atoms with Gasteiger partial charge in [0.2, 0.25) is 0 Å². The summed E-state index contributed by atoms with van der Waals surface area (Å²) in [6, 6.07) is 24.8. The summed E-state index contributed by atoms with van der Waals surface area (Å²) < 4.78 is 14.5. The largest absolute Gasteiger partial charge is 0.320 e. The van der Waals surface area contributed by atoms with Crippen molar-refractivity contribution in [3.63, 3.8) is 0 Å². The van der Waals surface area contributed by atoms with E-state index in [0.717, 1.165) is 22.9 Å². The second-order valence-electron chi connectivity index (χ2n) is 7.15. The molecule has 1 fully saturated rings. The second kappa shape index (κ2) is 9.89. The molecule has 2 amide bonds. The van der Waals surface area contributed by atoms with Crippen molar-refractivity contribution in [3.8, 4) is 0 Å². The molecule has 32 heavy (non-hydrogen) atoms. The van der Waals surface area contributed by atoms with Crippen LogP contribution in [0.2, 0.25) is 0 Å². The highest BCUT2D eigenvalue weighted by atomic mass is 32.2. The molecule has 3 aromatic rings. The van der Waals surface area contributed by atoms with Gasteiger partial charge in [-0.3, -0.25) is 14.5 Å². The third-order valence-corrected chi connectivity index (χ3v) is 6.42. The van der Waals surface area contributed by atoms with Crippen LogP contribution in [-0.4, -0.2) is 21.0 Å². The van der Waals surface area contributed by atoms with Gasteiger partial charge in [0.05, 0.1) is 17.1 Å². The summed E-state index contributed by atoms with van der Waals surface area (Å²) in [5.41, 5.74) is 2.11. The molecule has 4 nitrogen and oxygen atoms in total. The van der Waals surface area contributed by atoms with Crippen LogP contribution in [-0.2, 0) is 22.6 Å². The number of para-hydroxylation sites is 1. The average molecular weight is 463 g/mol. The van der Waals surface area contributed by atoms with Gasteiger partial charge in [-0.25, -0.2) is 4.39 Å². The number of benzene rings is 3. The number of thiocarbonyl (C=S) groups is 1. The van der Waals surface area contributed by atoms with Crippen LogP contribution in [0.5, 0.6) is 0 Å². The monoisotopic (exact) mass is 462 g/mol. The van der Waals surface area contributed by atoms with Crippen molar-refractivity contribution in [3.05, 3.63) is 112 Å². The van der Waals surface area contributed by atoms with Gasteiger partial charge >= 0.3 is 0 Å². The molecule has 0 spiro atoms. The molecule has 0 bridgehead atoms. The number of thioether (sulfide) groups is 1. The Balaban J connectivity index is 1.68. The van der Waals surface area contributed by atoms with Crippen molar-refractivity contribution in [1.82, 2.24) is 4.90 Å². The smallest absolute Gasteiger partial charge is 0.266 e. The van der Waals surface area contributed by atoms with Gasteiger partial charge in [0.15, 0.2) is 0 Å². The molecule has 0 atom stereocenters. The predicted octanol–water partition coefficient (Wildman–Crippen LogP) is 5.32. The first-order valence-corrected chi connectivity index (χ1v) is 11.2. The number of hydrogen-bond acceptors (Lipinski definition) is 4. The van der Waals surface area contributed by atoms with Crippen molar-refractivity contribution < 1.29 is 14.0 Å².